The summed E-state index contributed by atoms with van der Waals surface area (Å²) in [6.45, 7) is 1.66. The molecule has 3 aliphatic rings. The second-order valence-corrected chi connectivity index (χ2v) is 7.44. The highest BCUT2D eigenvalue weighted by Crippen LogP contribution is 2.38. The zero-order chi connectivity index (χ0) is 12.5. The molecule has 2 N–H and O–H groups in total. The Hall–Kier alpha value is 0.230. The first kappa shape index (κ1) is 13.2. The van der Waals surface area contributed by atoms with Crippen LogP contribution in [0.2, 0.25) is 0 Å². The summed E-state index contributed by atoms with van der Waals surface area (Å²) < 4.78 is 6.03. The van der Waals surface area contributed by atoms with E-state index in [-0.39, 0.29) is 5.60 Å². The summed E-state index contributed by atoms with van der Waals surface area (Å²) >= 11 is 2.02. The Kier molecular flexibility index (Phi) is 3.90. The van der Waals surface area contributed by atoms with Crippen LogP contribution in [0, 0.1) is 0 Å². The molecule has 0 amide bonds. The fourth-order valence-electron chi connectivity index (χ4n) is 3.61. The van der Waals surface area contributed by atoms with Gasteiger partial charge < -0.3 is 15.2 Å². The predicted molar refractivity (Wildman–Crippen MR) is 75.1 cm³/mol. The number of rotatable bonds is 3. The number of hydrogen-bond donors (Lipinski definition) is 2. The summed E-state index contributed by atoms with van der Waals surface area (Å²) in [5.41, 5.74) is -0.269. The first-order valence-electron chi connectivity index (χ1n) is 7.37. The molecule has 4 heteroatoms. The van der Waals surface area contributed by atoms with Gasteiger partial charge in [-0.15, -0.1) is 0 Å². The SMILES string of the molecule is OC1(CNC2CCOC3(CCSC3)C2)CCCC1. The topological polar surface area (TPSA) is 41.5 Å². The van der Waals surface area contributed by atoms with Crippen LogP contribution in [0.25, 0.3) is 0 Å². The number of aliphatic hydroxyl groups is 1. The second-order valence-electron chi connectivity index (χ2n) is 6.34. The Morgan fingerprint density at radius 3 is 2.83 bits per heavy atom. The molecule has 0 aromatic heterocycles. The third kappa shape index (κ3) is 2.87. The van der Waals surface area contributed by atoms with Crippen molar-refractivity contribution in [2.75, 3.05) is 24.7 Å². The van der Waals surface area contributed by atoms with Crippen molar-refractivity contribution in [3.63, 3.8) is 0 Å². The standard InChI is InChI=1S/C14H25NO2S/c16-13(4-1-2-5-13)10-15-12-3-7-17-14(9-12)6-8-18-11-14/h12,15-16H,1-11H2. The average Bonchev–Trinajstić information content (AvgIpc) is 2.98. The molecule has 3 rings (SSSR count). The molecule has 104 valence electrons. The zero-order valence-corrected chi connectivity index (χ0v) is 11.9. The molecule has 2 atom stereocenters. The van der Waals surface area contributed by atoms with Gasteiger partial charge in [0, 0.05) is 24.9 Å². The number of hydrogen-bond acceptors (Lipinski definition) is 4. The van der Waals surface area contributed by atoms with Crippen molar-refractivity contribution in [3.8, 4) is 0 Å². The lowest BCUT2D eigenvalue weighted by atomic mass is 9.89. The van der Waals surface area contributed by atoms with Crippen molar-refractivity contribution in [3.05, 3.63) is 0 Å². The van der Waals surface area contributed by atoms with Gasteiger partial charge in [-0.3, -0.25) is 0 Å². The minimum Gasteiger partial charge on any atom is -0.389 e. The molecule has 0 radical (unpaired) electrons. The van der Waals surface area contributed by atoms with E-state index in [2.05, 4.69) is 5.32 Å². The van der Waals surface area contributed by atoms with Crippen molar-refractivity contribution in [2.45, 2.75) is 62.2 Å². The second kappa shape index (κ2) is 5.31. The Morgan fingerprint density at radius 1 is 1.28 bits per heavy atom. The van der Waals surface area contributed by atoms with Crippen LogP contribution in [0.15, 0.2) is 0 Å². The van der Waals surface area contributed by atoms with E-state index in [1.165, 1.54) is 25.0 Å². The maximum absolute atomic E-state index is 10.4. The van der Waals surface area contributed by atoms with E-state index in [4.69, 9.17) is 4.74 Å². The van der Waals surface area contributed by atoms with Crippen LogP contribution in [-0.2, 0) is 4.74 Å². The quantitative estimate of drug-likeness (QED) is 0.823. The van der Waals surface area contributed by atoms with Gasteiger partial charge in [-0.05, 0) is 37.9 Å². The first-order valence-corrected chi connectivity index (χ1v) is 8.53. The Bertz CT molecular complexity index is 286. The molecule has 2 heterocycles. The van der Waals surface area contributed by atoms with Crippen molar-refractivity contribution in [2.24, 2.45) is 0 Å². The lowest BCUT2D eigenvalue weighted by Gasteiger charge is -2.39. The van der Waals surface area contributed by atoms with Crippen LogP contribution < -0.4 is 5.32 Å². The summed E-state index contributed by atoms with van der Waals surface area (Å²) in [5, 5.41) is 14.0. The van der Waals surface area contributed by atoms with Gasteiger partial charge in [-0.25, -0.2) is 0 Å². The molecule has 2 aliphatic heterocycles. The minimum atomic E-state index is -0.421. The van der Waals surface area contributed by atoms with Crippen LogP contribution >= 0.6 is 11.8 Å². The molecule has 1 aliphatic carbocycles. The highest BCUT2D eigenvalue weighted by Gasteiger charge is 2.41. The van der Waals surface area contributed by atoms with E-state index in [9.17, 15) is 5.11 Å². The zero-order valence-electron chi connectivity index (χ0n) is 11.1. The molecule has 2 unspecified atom stereocenters. The van der Waals surface area contributed by atoms with Gasteiger partial charge in [0.2, 0.25) is 0 Å². The van der Waals surface area contributed by atoms with E-state index >= 15 is 0 Å². The molecule has 1 saturated carbocycles. The average molecular weight is 271 g/mol. The van der Waals surface area contributed by atoms with Gasteiger partial charge in [-0.1, -0.05) is 12.8 Å². The molecule has 0 aromatic carbocycles. The molecule has 3 fully saturated rings. The van der Waals surface area contributed by atoms with E-state index in [1.54, 1.807) is 0 Å². The molecule has 1 spiro atoms. The number of thioether (sulfide) groups is 1. The first-order chi connectivity index (χ1) is 8.70. The van der Waals surface area contributed by atoms with E-state index < -0.39 is 5.60 Å². The predicted octanol–water partition coefficient (Wildman–Crippen LogP) is 1.94. The summed E-state index contributed by atoms with van der Waals surface area (Å²) in [6.07, 6.45) is 7.77. The summed E-state index contributed by atoms with van der Waals surface area (Å²) in [4.78, 5) is 0. The summed E-state index contributed by atoms with van der Waals surface area (Å²) in [5.74, 6) is 2.41. The van der Waals surface area contributed by atoms with E-state index in [0.717, 1.165) is 44.6 Å². The van der Waals surface area contributed by atoms with Gasteiger partial charge in [-0.2, -0.15) is 11.8 Å². The monoisotopic (exact) mass is 271 g/mol. The normalized spacial score (nSPS) is 39.5. The van der Waals surface area contributed by atoms with Gasteiger partial charge >= 0.3 is 0 Å². The maximum atomic E-state index is 10.4. The summed E-state index contributed by atoms with van der Waals surface area (Å²) in [7, 11) is 0. The van der Waals surface area contributed by atoms with Gasteiger partial charge in [0.05, 0.1) is 11.2 Å². The molecule has 18 heavy (non-hydrogen) atoms. The van der Waals surface area contributed by atoms with Crippen molar-refractivity contribution in [1.29, 1.82) is 0 Å². The maximum Gasteiger partial charge on any atom is 0.0795 e. The third-order valence-electron chi connectivity index (χ3n) is 4.81. The summed E-state index contributed by atoms with van der Waals surface area (Å²) in [6, 6.07) is 0.544. The van der Waals surface area contributed by atoms with Crippen LogP contribution in [0.1, 0.15) is 44.9 Å². The van der Waals surface area contributed by atoms with Crippen LogP contribution in [0.5, 0.6) is 0 Å². The van der Waals surface area contributed by atoms with Crippen molar-refractivity contribution < 1.29 is 9.84 Å². The van der Waals surface area contributed by atoms with Crippen LogP contribution in [0.4, 0.5) is 0 Å². The molecular weight excluding hydrogens is 246 g/mol. The minimum absolute atomic E-state index is 0.152. The Labute approximate surface area is 114 Å². The van der Waals surface area contributed by atoms with E-state index in [0.29, 0.717) is 6.04 Å². The molecule has 0 aromatic rings. The largest absolute Gasteiger partial charge is 0.389 e. The van der Waals surface area contributed by atoms with Crippen LogP contribution in [0.3, 0.4) is 0 Å². The number of ether oxygens (including phenoxy) is 1. The number of nitrogens with one attached hydrogen (secondary N) is 1. The molecule has 3 nitrogen and oxygen atoms in total. The lowest BCUT2D eigenvalue weighted by Crippen LogP contribution is -2.50. The van der Waals surface area contributed by atoms with Crippen molar-refractivity contribution >= 4 is 11.8 Å². The van der Waals surface area contributed by atoms with Crippen LogP contribution in [-0.4, -0.2) is 47.0 Å². The van der Waals surface area contributed by atoms with Gasteiger partial charge in [0.15, 0.2) is 0 Å². The van der Waals surface area contributed by atoms with Crippen molar-refractivity contribution in [1.82, 2.24) is 5.32 Å². The lowest BCUT2D eigenvalue weighted by molar-refractivity contribution is -0.0730. The highest BCUT2D eigenvalue weighted by molar-refractivity contribution is 7.99. The highest BCUT2D eigenvalue weighted by atomic mass is 32.2. The van der Waals surface area contributed by atoms with Gasteiger partial charge in [0.25, 0.3) is 0 Å². The molecular formula is C14H25NO2S. The fourth-order valence-corrected chi connectivity index (χ4v) is 4.99. The smallest absolute Gasteiger partial charge is 0.0795 e. The Morgan fingerprint density at radius 2 is 2.11 bits per heavy atom. The molecule has 2 saturated heterocycles. The Balaban J connectivity index is 1.50. The fraction of sp³-hybridized carbons (Fsp3) is 1.00. The third-order valence-corrected chi connectivity index (χ3v) is 6.04. The van der Waals surface area contributed by atoms with E-state index in [1.807, 2.05) is 11.8 Å². The van der Waals surface area contributed by atoms with Gasteiger partial charge in [0.1, 0.15) is 0 Å². The molecule has 0 bridgehead atoms.